The smallest absolute Gasteiger partial charge is 0.178 e. The quantitative estimate of drug-likeness (QED) is 0.860. The van der Waals surface area contributed by atoms with E-state index in [1.807, 2.05) is 30.1 Å². The van der Waals surface area contributed by atoms with E-state index in [-0.39, 0.29) is 0 Å². The zero-order chi connectivity index (χ0) is 11.0. The summed E-state index contributed by atoms with van der Waals surface area (Å²) in [5.74, 6) is 2.19. The third kappa shape index (κ3) is 1.75. The van der Waals surface area contributed by atoms with E-state index in [0.717, 1.165) is 17.9 Å². The van der Waals surface area contributed by atoms with Crippen LogP contribution in [0.15, 0.2) is 18.3 Å². The molecule has 2 aromatic heterocycles. The number of nitrogen functional groups attached to an aromatic ring is 1. The van der Waals surface area contributed by atoms with Gasteiger partial charge in [0.1, 0.15) is 0 Å². The summed E-state index contributed by atoms with van der Waals surface area (Å²) in [6, 6.07) is 3.75. The predicted molar refractivity (Wildman–Crippen MR) is 66.6 cm³/mol. The van der Waals surface area contributed by atoms with Crippen LogP contribution in [0.25, 0.3) is 5.65 Å². The van der Waals surface area contributed by atoms with Gasteiger partial charge in [0, 0.05) is 17.9 Å². The number of aromatic nitrogens is 3. The number of rotatable bonds is 2. The van der Waals surface area contributed by atoms with Gasteiger partial charge in [-0.05, 0) is 30.7 Å². The lowest BCUT2D eigenvalue weighted by Gasteiger charge is -2.02. The van der Waals surface area contributed by atoms with Crippen molar-refractivity contribution in [3.05, 3.63) is 24.2 Å². The fourth-order valence-electron chi connectivity index (χ4n) is 2.07. The van der Waals surface area contributed by atoms with Crippen molar-refractivity contribution in [2.45, 2.75) is 24.5 Å². The Morgan fingerprint density at radius 2 is 2.50 bits per heavy atom. The summed E-state index contributed by atoms with van der Waals surface area (Å²) in [4.78, 5) is 4.49. The minimum atomic E-state index is 0.693. The lowest BCUT2D eigenvalue weighted by molar-refractivity contribution is 0.742. The minimum Gasteiger partial charge on any atom is -0.396 e. The molecule has 1 unspecified atom stereocenters. The highest BCUT2D eigenvalue weighted by molar-refractivity contribution is 8.00. The molecule has 3 heterocycles. The van der Waals surface area contributed by atoms with Crippen molar-refractivity contribution in [1.29, 1.82) is 0 Å². The maximum atomic E-state index is 5.85. The highest BCUT2D eigenvalue weighted by Crippen LogP contribution is 2.28. The van der Waals surface area contributed by atoms with Crippen molar-refractivity contribution < 1.29 is 0 Å². The molecule has 0 radical (unpaired) electrons. The van der Waals surface area contributed by atoms with Crippen LogP contribution in [-0.4, -0.2) is 25.6 Å². The number of nitrogens with zero attached hydrogens (tertiary/aromatic N) is 3. The van der Waals surface area contributed by atoms with Gasteiger partial charge in [-0.25, -0.2) is 9.50 Å². The molecule has 0 bridgehead atoms. The summed E-state index contributed by atoms with van der Waals surface area (Å²) in [5, 5.41) is 5.14. The van der Waals surface area contributed by atoms with Crippen LogP contribution in [0.4, 0.5) is 5.69 Å². The second-order valence-electron chi connectivity index (χ2n) is 4.10. The normalized spacial score (nSPS) is 20.6. The zero-order valence-electron chi connectivity index (χ0n) is 8.97. The van der Waals surface area contributed by atoms with Crippen molar-refractivity contribution in [3.63, 3.8) is 0 Å². The van der Waals surface area contributed by atoms with E-state index in [4.69, 9.17) is 5.73 Å². The molecular formula is C11H14N4S. The summed E-state index contributed by atoms with van der Waals surface area (Å²) in [6.45, 7) is 0. The Bertz CT molecular complexity index is 502. The van der Waals surface area contributed by atoms with E-state index < -0.39 is 0 Å². The van der Waals surface area contributed by atoms with E-state index >= 15 is 0 Å². The molecule has 2 aromatic rings. The Balaban J connectivity index is 1.90. The Morgan fingerprint density at radius 3 is 3.25 bits per heavy atom. The number of hydrogen-bond donors (Lipinski definition) is 1. The maximum absolute atomic E-state index is 5.85. The molecule has 0 saturated carbocycles. The molecule has 0 spiro atoms. The van der Waals surface area contributed by atoms with Crippen LogP contribution in [0.3, 0.4) is 0 Å². The van der Waals surface area contributed by atoms with Crippen LogP contribution in [0, 0.1) is 0 Å². The van der Waals surface area contributed by atoms with Crippen LogP contribution in [0.2, 0.25) is 0 Å². The fraction of sp³-hybridized carbons (Fsp3) is 0.455. The van der Waals surface area contributed by atoms with Crippen LogP contribution in [0.1, 0.15) is 18.7 Å². The van der Waals surface area contributed by atoms with Crippen LogP contribution >= 0.6 is 11.8 Å². The lowest BCUT2D eigenvalue weighted by atomic mass is 10.2. The minimum absolute atomic E-state index is 0.693. The van der Waals surface area contributed by atoms with Crippen molar-refractivity contribution in [2.24, 2.45) is 0 Å². The summed E-state index contributed by atoms with van der Waals surface area (Å²) >= 11 is 2.03. The van der Waals surface area contributed by atoms with Gasteiger partial charge in [0.05, 0.1) is 5.69 Å². The number of anilines is 1. The molecule has 1 aliphatic heterocycles. The van der Waals surface area contributed by atoms with Crippen LogP contribution in [0.5, 0.6) is 0 Å². The summed E-state index contributed by atoms with van der Waals surface area (Å²) < 4.78 is 1.77. The van der Waals surface area contributed by atoms with Crippen molar-refractivity contribution in [3.8, 4) is 0 Å². The first kappa shape index (κ1) is 9.96. The van der Waals surface area contributed by atoms with Crippen LogP contribution in [-0.2, 0) is 6.42 Å². The van der Waals surface area contributed by atoms with E-state index in [1.54, 1.807) is 4.52 Å². The lowest BCUT2D eigenvalue weighted by Crippen LogP contribution is -2.03. The fourth-order valence-corrected chi connectivity index (χ4v) is 3.33. The highest BCUT2D eigenvalue weighted by atomic mass is 32.2. The Morgan fingerprint density at radius 1 is 1.56 bits per heavy atom. The van der Waals surface area contributed by atoms with Crippen molar-refractivity contribution in [1.82, 2.24) is 14.6 Å². The van der Waals surface area contributed by atoms with Crippen molar-refractivity contribution >= 4 is 23.1 Å². The molecule has 5 heteroatoms. The number of nitrogens with two attached hydrogens (primary N) is 1. The molecular weight excluding hydrogens is 220 g/mol. The second kappa shape index (κ2) is 3.97. The molecule has 1 fully saturated rings. The van der Waals surface area contributed by atoms with Crippen LogP contribution < -0.4 is 5.73 Å². The zero-order valence-corrected chi connectivity index (χ0v) is 9.78. The monoisotopic (exact) mass is 234 g/mol. The number of pyridine rings is 1. The van der Waals surface area contributed by atoms with Gasteiger partial charge in [0.2, 0.25) is 0 Å². The third-order valence-electron chi connectivity index (χ3n) is 2.87. The van der Waals surface area contributed by atoms with E-state index in [2.05, 4.69) is 10.1 Å². The first-order chi connectivity index (χ1) is 7.83. The molecule has 1 aliphatic rings. The molecule has 0 aromatic carbocycles. The second-order valence-corrected chi connectivity index (χ2v) is 5.51. The van der Waals surface area contributed by atoms with Gasteiger partial charge in [0.15, 0.2) is 11.5 Å². The molecule has 2 N–H and O–H groups in total. The SMILES string of the molecule is Nc1cccn2nc(CC3CCCS3)nc12. The number of fused-ring (bicyclic) bond motifs is 1. The summed E-state index contributed by atoms with van der Waals surface area (Å²) in [5.41, 5.74) is 7.32. The van der Waals surface area contributed by atoms with Gasteiger partial charge < -0.3 is 5.73 Å². The molecule has 1 saturated heterocycles. The summed E-state index contributed by atoms with van der Waals surface area (Å²) in [7, 11) is 0. The number of thioether (sulfide) groups is 1. The average Bonchev–Trinajstić information content (AvgIpc) is 2.88. The molecule has 1 atom stereocenters. The molecule has 3 rings (SSSR count). The summed E-state index contributed by atoms with van der Waals surface area (Å²) in [6.07, 6.45) is 5.47. The van der Waals surface area contributed by atoms with Gasteiger partial charge in [-0.3, -0.25) is 0 Å². The largest absolute Gasteiger partial charge is 0.396 e. The Kier molecular flexibility index (Phi) is 2.47. The predicted octanol–water partition coefficient (Wildman–Crippen LogP) is 1.75. The topological polar surface area (TPSA) is 56.2 Å². The third-order valence-corrected chi connectivity index (χ3v) is 4.27. The Hall–Kier alpha value is -1.23. The molecule has 0 amide bonds. The highest BCUT2D eigenvalue weighted by Gasteiger charge is 2.18. The first-order valence-electron chi connectivity index (χ1n) is 5.54. The van der Waals surface area contributed by atoms with Gasteiger partial charge in [-0.15, -0.1) is 0 Å². The Labute approximate surface area is 98.2 Å². The average molecular weight is 234 g/mol. The number of hydrogen-bond acceptors (Lipinski definition) is 4. The molecule has 0 aliphatic carbocycles. The maximum Gasteiger partial charge on any atom is 0.178 e. The van der Waals surface area contributed by atoms with Gasteiger partial charge in [-0.1, -0.05) is 0 Å². The van der Waals surface area contributed by atoms with E-state index in [0.29, 0.717) is 10.9 Å². The molecule has 16 heavy (non-hydrogen) atoms. The van der Waals surface area contributed by atoms with E-state index in [1.165, 1.54) is 18.6 Å². The molecule has 4 nitrogen and oxygen atoms in total. The first-order valence-corrected chi connectivity index (χ1v) is 6.59. The van der Waals surface area contributed by atoms with Gasteiger partial charge in [0.25, 0.3) is 0 Å². The van der Waals surface area contributed by atoms with E-state index in [9.17, 15) is 0 Å². The van der Waals surface area contributed by atoms with Gasteiger partial charge >= 0.3 is 0 Å². The van der Waals surface area contributed by atoms with Crippen molar-refractivity contribution in [2.75, 3.05) is 11.5 Å². The molecule has 84 valence electrons. The standard InChI is InChI=1S/C11H14N4S/c12-9-4-1-5-15-11(9)13-10(14-15)7-8-3-2-6-16-8/h1,4-5,8H,2-3,6-7,12H2. The van der Waals surface area contributed by atoms with Gasteiger partial charge in [-0.2, -0.15) is 16.9 Å².